The number of aromatic nitrogens is 1. The standard InChI is InChI=1S/C13H23N3O3S2/c1-4-14-7-12-11(8-19-3)15-13(20-12)16-5-6-21(17,18)9-10(16)2/h10,14H,4-9H2,1-3H3. The fourth-order valence-electron chi connectivity index (χ4n) is 2.40. The molecule has 21 heavy (non-hydrogen) atoms. The van der Waals surface area contributed by atoms with Gasteiger partial charge in [-0.25, -0.2) is 13.4 Å². The van der Waals surface area contributed by atoms with E-state index >= 15 is 0 Å². The molecule has 1 unspecified atom stereocenters. The first-order valence-electron chi connectivity index (χ1n) is 7.12. The molecule has 1 aliphatic heterocycles. The molecule has 1 saturated heterocycles. The molecule has 0 saturated carbocycles. The predicted octanol–water partition coefficient (Wildman–Crippen LogP) is 1.02. The minimum atomic E-state index is -2.90. The van der Waals surface area contributed by atoms with Crippen molar-refractivity contribution in [3.05, 3.63) is 10.6 Å². The van der Waals surface area contributed by atoms with Gasteiger partial charge in [-0.05, 0) is 13.5 Å². The van der Waals surface area contributed by atoms with E-state index in [2.05, 4.69) is 22.1 Å². The fourth-order valence-corrected chi connectivity index (χ4v) is 5.12. The summed E-state index contributed by atoms with van der Waals surface area (Å²) in [6.07, 6.45) is 0. The molecule has 2 heterocycles. The number of methoxy groups -OCH3 is 1. The Labute approximate surface area is 130 Å². The third kappa shape index (κ3) is 4.15. The van der Waals surface area contributed by atoms with Crippen LogP contribution in [0.1, 0.15) is 24.4 Å². The lowest BCUT2D eigenvalue weighted by atomic mass is 10.3. The average Bonchev–Trinajstić information content (AvgIpc) is 2.78. The fraction of sp³-hybridized carbons (Fsp3) is 0.769. The second-order valence-electron chi connectivity index (χ2n) is 5.24. The monoisotopic (exact) mass is 333 g/mol. The van der Waals surface area contributed by atoms with Crippen molar-refractivity contribution >= 4 is 26.3 Å². The van der Waals surface area contributed by atoms with Crippen molar-refractivity contribution in [1.82, 2.24) is 10.3 Å². The van der Waals surface area contributed by atoms with Gasteiger partial charge >= 0.3 is 0 Å². The first-order valence-corrected chi connectivity index (χ1v) is 9.76. The third-order valence-electron chi connectivity index (χ3n) is 3.50. The molecule has 1 aliphatic rings. The first-order chi connectivity index (χ1) is 9.96. The van der Waals surface area contributed by atoms with Crippen LogP contribution in [0.25, 0.3) is 0 Å². The number of hydrogen-bond donors (Lipinski definition) is 1. The van der Waals surface area contributed by atoms with Gasteiger partial charge in [-0.3, -0.25) is 0 Å². The summed E-state index contributed by atoms with van der Waals surface area (Å²) in [5.74, 6) is 0.411. The molecule has 1 aromatic heterocycles. The predicted molar refractivity (Wildman–Crippen MR) is 85.7 cm³/mol. The molecule has 6 nitrogen and oxygen atoms in total. The quantitative estimate of drug-likeness (QED) is 0.838. The highest BCUT2D eigenvalue weighted by molar-refractivity contribution is 7.91. The van der Waals surface area contributed by atoms with E-state index in [1.807, 2.05) is 6.92 Å². The molecule has 2 rings (SSSR count). The maximum atomic E-state index is 11.7. The van der Waals surface area contributed by atoms with Gasteiger partial charge in [0.1, 0.15) is 0 Å². The van der Waals surface area contributed by atoms with Crippen molar-refractivity contribution in [3.63, 3.8) is 0 Å². The molecule has 1 aromatic rings. The number of thiazole rings is 1. The summed E-state index contributed by atoms with van der Waals surface area (Å²) >= 11 is 1.63. The largest absolute Gasteiger partial charge is 0.378 e. The molecule has 0 aliphatic carbocycles. The van der Waals surface area contributed by atoms with Crippen molar-refractivity contribution < 1.29 is 13.2 Å². The molecule has 8 heteroatoms. The Balaban J connectivity index is 2.19. The minimum absolute atomic E-state index is 0.0303. The lowest BCUT2D eigenvalue weighted by Gasteiger charge is -2.32. The highest BCUT2D eigenvalue weighted by Crippen LogP contribution is 2.30. The molecule has 0 spiro atoms. The zero-order valence-electron chi connectivity index (χ0n) is 12.8. The van der Waals surface area contributed by atoms with Gasteiger partial charge in [0.05, 0.1) is 23.8 Å². The van der Waals surface area contributed by atoms with Crippen LogP contribution >= 0.6 is 11.3 Å². The van der Waals surface area contributed by atoms with Crippen LogP contribution in [-0.4, -0.2) is 51.1 Å². The molecule has 0 bridgehead atoms. The van der Waals surface area contributed by atoms with Gasteiger partial charge in [-0.15, -0.1) is 11.3 Å². The lowest BCUT2D eigenvalue weighted by Crippen LogP contribution is -2.47. The summed E-state index contributed by atoms with van der Waals surface area (Å²) in [7, 11) is -1.24. The van der Waals surface area contributed by atoms with Gasteiger partial charge < -0.3 is 15.0 Å². The van der Waals surface area contributed by atoms with Crippen LogP contribution in [0.4, 0.5) is 5.13 Å². The number of nitrogens with one attached hydrogen (secondary N) is 1. The van der Waals surface area contributed by atoms with Crippen LogP contribution in [0, 0.1) is 0 Å². The number of nitrogens with zero attached hydrogens (tertiary/aromatic N) is 2. The Bertz CT molecular complexity index is 571. The smallest absolute Gasteiger partial charge is 0.186 e. The molecule has 0 amide bonds. The summed E-state index contributed by atoms with van der Waals surface area (Å²) < 4.78 is 28.6. The third-order valence-corrected chi connectivity index (χ3v) is 6.43. The van der Waals surface area contributed by atoms with Gasteiger partial charge in [0.15, 0.2) is 15.0 Å². The number of hydrogen-bond acceptors (Lipinski definition) is 7. The van der Waals surface area contributed by atoms with Crippen LogP contribution in [0.5, 0.6) is 0 Å². The topological polar surface area (TPSA) is 71.5 Å². The summed E-state index contributed by atoms with van der Waals surface area (Å²) in [6, 6.07) is -0.0303. The zero-order valence-corrected chi connectivity index (χ0v) is 14.4. The van der Waals surface area contributed by atoms with E-state index < -0.39 is 9.84 Å². The van der Waals surface area contributed by atoms with E-state index in [1.54, 1.807) is 18.4 Å². The second kappa shape index (κ2) is 7.04. The van der Waals surface area contributed by atoms with Crippen molar-refractivity contribution in [2.75, 3.05) is 36.6 Å². The molecular formula is C13H23N3O3S2. The van der Waals surface area contributed by atoms with Crippen LogP contribution in [0.2, 0.25) is 0 Å². The van der Waals surface area contributed by atoms with E-state index in [-0.39, 0.29) is 17.5 Å². The Morgan fingerprint density at radius 1 is 1.52 bits per heavy atom. The molecule has 120 valence electrons. The molecule has 1 fully saturated rings. The number of anilines is 1. The second-order valence-corrected chi connectivity index (χ2v) is 8.53. The molecular weight excluding hydrogens is 310 g/mol. The zero-order chi connectivity index (χ0) is 15.5. The van der Waals surface area contributed by atoms with Crippen LogP contribution in [-0.2, 0) is 27.7 Å². The maximum absolute atomic E-state index is 11.7. The Morgan fingerprint density at radius 2 is 2.29 bits per heavy atom. The van der Waals surface area contributed by atoms with Crippen molar-refractivity contribution in [2.24, 2.45) is 0 Å². The number of rotatable bonds is 6. The SMILES string of the molecule is CCNCc1sc(N2CCS(=O)(=O)CC2C)nc1COC. The van der Waals surface area contributed by atoms with E-state index in [0.29, 0.717) is 13.2 Å². The summed E-state index contributed by atoms with van der Waals surface area (Å²) in [5.41, 5.74) is 0.944. The van der Waals surface area contributed by atoms with E-state index in [0.717, 1.165) is 28.8 Å². The van der Waals surface area contributed by atoms with E-state index in [9.17, 15) is 8.42 Å². The van der Waals surface area contributed by atoms with Gasteiger partial charge in [-0.2, -0.15) is 0 Å². The molecule has 0 radical (unpaired) electrons. The van der Waals surface area contributed by atoms with E-state index in [1.165, 1.54) is 0 Å². The Hall–Kier alpha value is -0.700. The van der Waals surface area contributed by atoms with Gasteiger partial charge in [0.2, 0.25) is 0 Å². The Kier molecular flexibility index (Phi) is 5.59. The lowest BCUT2D eigenvalue weighted by molar-refractivity contribution is 0.181. The first kappa shape index (κ1) is 16.7. The molecule has 1 N–H and O–H groups in total. The van der Waals surface area contributed by atoms with Gasteiger partial charge in [0, 0.05) is 31.1 Å². The highest BCUT2D eigenvalue weighted by atomic mass is 32.2. The Morgan fingerprint density at radius 3 is 2.90 bits per heavy atom. The summed E-state index contributed by atoms with van der Waals surface area (Å²) in [4.78, 5) is 7.92. The number of ether oxygens (including phenoxy) is 1. The van der Waals surface area contributed by atoms with Crippen LogP contribution < -0.4 is 10.2 Å². The van der Waals surface area contributed by atoms with Crippen molar-refractivity contribution in [2.45, 2.75) is 33.0 Å². The molecule has 1 atom stereocenters. The maximum Gasteiger partial charge on any atom is 0.186 e. The summed E-state index contributed by atoms with van der Waals surface area (Å²) in [5, 5.41) is 4.20. The average molecular weight is 333 g/mol. The van der Waals surface area contributed by atoms with Crippen molar-refractivity contribution in [1.29, 1.82) is 0 Å². The van der Waals surface area contributed by atoms with Gasteiger partial charge in [0.25, 0.3) is 0 Å². The highest BCUT2D eigenvalue weighted by Gasteiger charge is 2.30. The minimum Gasteiger partial charge on any atom is -0.378 e. The van der Waals surface area contributed by atoms with Crippen molar-refractivity contribution in [3.8, 4) is 0 Å². The normalized spacial score (nSPS) is 21.7. The van der Waals surface area contributed by atoms with Crippen LogP contribution in [0.3, 0.4) is 0 Å². The van der Waals surface area contributed by atoms with Gasteiger partial charge in [-0.1, -0.05) is 6.92 Å². The number of sulfone groups is 1. The van der Waals surface area contributed by atoms with Crippen LogP contribution in [0.15, 0.2) is 0 Å². The molecule has 0 aromatic carbocycles. The summed E-state index contributed by atoms with van der Waals surface area (Å²) in [6.45, 7) is 6.68. The van der Waals surface area contributed by atoms with E-state index in [4.69, 9.17) is 4.74 Å².